The Hall–Kier alpha value is -7.60. The molecular formula is C45H38N8O4. The van der Waals surface area contributed by atoms with Crippen LogP contribution in [0.4, 0.5) is 0 Å². The highest BCUT2D eigenvalue weighted by atomic mass is 16.5. The summed E-state index contributed by atoms with van der Waals surface area (Å²) in [6.07, 6.45) is 10.7. The summed E-state index contributed by atoms with van der Waals surface area (Å²) in [5.74, 6) is 1.30. The van der Waals surface area contributed by atoms with Gasteiger partial charge in [-0.2, -0.15) is 0 Å². The number of hydrogen-bond donors (Lipinski definition) is 1. The highest BCUT2D eigenvalue weighted by Crippen LogP contribution is 2.37. The lowest BCUT2D eigenvalue weighted by atomic mass is 9.98. The van der Waals surface area contributed by atoms with Crippen molar-refractivity contribution in [1.29, 1.82) is 0 Å². The van der Waals surface area contributed by atoms with E-state index in [0.717, 1.165) is 28.1 Å². The third-order valence-corrected chi connectivity index (χ3v) is 10.4. The highest BCUT2D eigenvalue weighted by molar-refractivity contribution is 5.63. The van der Waals surface area contributed by atoms with Gasteiger partial charge in [0.1, 0.15) is 13.3 Å². The van der Waals surface area contributed by atoms with Crippen LogP contribution in [0.1, 0.15) is 34.3 Å². The van der Waals surface area contributed by atoms with Crippen molar-refractivity contribution in [1.82, 2.24) is 28.5 Å². The van der Waals surface area contributed by atoms with E-state index in [-0.39, 0.29) is 23.3 Å². The van der Waals surface area contributed by atoms with E-state index in [1.807, 2.05) is 104 Å². The van der Waals surface area contributed by atoms with E-state index in [9.17, 15) is 14.7 Å². The minimum absolute atomic E-state index is 0.0566. The molecular weight excluding hydrogens is 717 g/mol. The van der Waals surface area contributed by atoms with Crippen molar-refractivity contribution in [3.63, 3.8) is 0 Å². The molecule has 0 fully saturated rings. The van der Waals surface area contributed by atoms with Gasteiger partial charge in [-0.15, -0.1) is 0 Å². The molecule has 2 aliphatic heterocycles. The summed E-state index contributed by atoms with van der Waals surface area (Å²) in [6, 6.07) is 43.9. The third kappa shape index (κ3) is 6.32. The molecule has 10 rings (SSSR count). The lowest BCUT2D eigenvalue weighted by molar-refractivity contribution is 0.389. The number of imidazole rings is 2. The first-order chi connectivity index (χ1) is 28.0. The molecule has 1 N–H and O–H groups in total. The first-order valence-electron chi connectivity index (χ1n) is 18.5. The number of benzene rings is 4. The smallest absolute Gasteiger partial charge is 0.224 e. The lowest BCUT2D eigenvalue weighted by Gasteiger charge is -2.40. The van der Waals surface area contributed by atoms with Crippen molar-refractivity contribution in [3.8, 4) is 34.5 Å². The van der Waals surface area contributed by atoms with Crippen molar-refractivity contribution < 1.29 is 9.84 Å². The standard InChI is InChI=1S/C23H20N4O2.C22H18N4O2/c1-29-22-19(28)12-14-26-21(22)23-24-13-15-25(23)16-27(26)20(17-8-4-2-5-9-17)18-10-6-3-7-11-18;27-18-11-13-25-20(21(18)28)22-23-12-14-24(22)15-26(25)19(16-7-3-1-4-8-16)17-9-5-2-6-10-17/h2-15,20H,16H2,1H3;1-14,19,28H,15H2. The van der Waals surface area contributed by atoms with Crippen LogP contribution in [0.25, 0.3) is 23.0 Å². The van der Waals surface area contributed by atoms with E-state index in [1.54, 1.807) is 30.9 Å². The van der Waals surface area contributed by atoms with E-state index in [1.165, 1.54) is 13.2 Å². The molecule has 8 aromatic rings. The molecule has 12 nitrogen and oxygen atoms in total. The van der Waals surface area contributed by atoms with Crippen LogP contribution in [0.15, 0.2) is 180 Å². The van der Waals surface area contributed by atoms with Gasteiger partial charge in [0.15, 0.2) is 34.5 Å². The van der Waals surface area contributed by atoms with E-state index in [0.29, 0.717) is 36.3 Å². The normalized spacial score (nSPS) is 12.6. The van der Waals surface area contributed by atoms with Crippen molar-refractivity contribution >= 4 is 0 Å². The zero-order valence-corrected chi connectivity index (χ0v) is 31.0. The zero-order chi connectivity index (χ0) is 38.9. The predicted molar refractivity (Wildman–Crippen MR) is 218 cm³/mol. The SMILES string of the molecule is COc1c2n(ccc1=O)N(C(c1ccccc1)c1ccccc1)Cn1ccnc1-2.O=c1ccn2c(c1O)-c1nccn1CN2C(c1ccccc1)c1ccccc1. The third-order valence-electron chi connectivity index (χ3n) is 10.4. The number of hydrogen-bond acceptors (Lipinski definition) is 8. The maximum absolute atomic E-state index is 12.5. The first-order valence-corrected chi connectivity index (χ1v) is 18.5. The molecule has 0 unspecified atom stereocenters. The number of pyridine rings is 2. The van der Waals surface area contributed by atoms with Gasteiger partial charge < -0.3 is 19.0 Å². The molecule has 4 aromatic heterocycles. The topological polar surface area (TPSA) is 116 Å². The summed E-state index contributed by atoms with van der Waals surface area (Å²) in [5, 5.41) is 14.9. The van der Waals surface area contributed by atoms with E-state index >= 15 is 0 Å². The number of methoxy groups -OCH3 is 1. The van der Waals surface area contributed by atoms with Gasteiger partial charge in [-0.1, -0.05) is 121 Å². The Labute approximate surface area is 327 Å². The Morgan fingerprint density at radius 3 is 1.33 bits per heavy atom. The molecule has 0 saturated heterocycles. The lowest BCUT2D eigenvalue weighted by Crippen LogP contribution is -2.44. The minimum Gasteiger partial charge on any atom is -0.503 e. The quantitative estimate of drug-likeness (QED) is 0.195. The van der Waals surface area contributed by atoms with E-state index in [2.05, 4.69) is 68.5 Å². The van der Waals surface area contributed by atoms with Gasteiger partial charge in [-0.25, -0.2) is 9.97 Å². The van der Waals surface area contributed by atoms with Crippen LogP contribution in [0, 0.1) is 0 Å². The summed E-state index contributed by atoms with van der Waals surface area (Å²) in [4.78, 5) is 33.4. The number of rotatable bonds is 7. The molecule has 0 atom stereocenters. The molecule has 0 amide bonds. The van der Waals surface area contributed by atoms with Gasteiger partial charge in [-0.3, -0.25) is 29.0 Å². The van der Waals surface area contributed by atoms with E-state index < -0.39 is 5.43 Å². The fourth-order valence-corrected chi connectivity index (χ4v) is 7.82. The van der Waals surface area contributed by atoms with Gasteiger partial charge >= 0.3 is 0 Å². The van der Waals surface area contributed by atoms with Crippen LogP contribution < -0.4 is 25.6 Å². The summed E-state index contributed by atoms with van der Waals surface area (Å²) in [7, 11) is 1.52. The average molecular weight is 755 g/mol. The average Bonchev–Trinajstić information content (AvgIpc) is 3.94. The van der Waals surface area contributed by atoms with Gasteiger partial charge in [0.2, 0.25) is 10.9 Å². The zero-order valence-electron chi connectivity index (χ0n) is 31.0. The van der Waals surface area contributed by atoms with Gasteiger partial charge in [0.05, 0.1) is 19.2 Å². The Balaban J connectivity index is 0.000000148. The molecule has 0 saturated carbocycles. The van der Waals surface area contributed by atoms with Crippen LogP contribution >= 0.6 is 0 Å². The van der Waals surface area contributed by atoms with Crippen molar-refractivity contribution in [2.45, 2.75) is 25.4 Å². The second kappa shape index (κ2) is 14.9. The highest BCUT2D eigenvalue weighted by Gasteiger charge is 2.33. The van der Waals surface area contributed by atoms with Crippen LogP contribution in [0.2, 0.25) is 0 Å². The second-order valence-electron chi connectivity index (χ2n) is 13.7. The van der Waals surface area contributed by atoms with Gasteiger partial charge in [0.25, 0.3) is 0 Å². The van der Waals surface area contributed by atoms with E-state index in [4.69, 9.17) is 4.74 Å². The first kappa shape index (κ1) is 35.1. The van der Waals surface area contributed by atoms with Crippen LogP contribution in [0.5, 0.6) is 11.5 Å². The second-order valence-corrected chi connectivity index (χ2v) is 13.7. The number of nitrogens with zero attached hydrogens (tertiary/aromatic N) is 8. The molecule has 0 bridgehead atoms. The summed E-state index contributed by atoms with van der Waals surface area (Å²) in [6.45, 7) is 1.11. The Morgan fingerprint density at radius 1 is 0.526 bits per heavy atom. The molecule has 282 valence electrons. The molecule has 6 heterocycles. The molecule has 12 heteroatoms. The Morgan fingerprint density at radius 2 is 0.912 bits per heavy atom. The fraction of sp³-hybridized carbons (Fsp3) is 0.111. The number of fused-ring (bicyclic) bond motifs is 6. The molecule has 57 heavy (non-hydrogen) atoms. The molecule has 0 radical (unpaired) electrons. The molecule has 0 aliphatic carbocycles. The Bertz CT molecular complexity index is 2690. The monoisotopic (exact) mass is 754 g/mol. The Kier molecular flexibility index (Phi) is 9.19. The molecule has 4 aromatic carbocycles. The number of aromatic nitrogens is 6. The summed E-state index contributed by atoms with van der Waals surface area (Å²) >= 11 is 0. The van der Waals surface area contributed by atoms with Gasteiger partial charge in [-0.05, 0) is 22.3 Å². The van der Waals surface area contributed by atoms with Gasteiger partial charge in [0, 0.05) is 49.3 Å². The van der Waals surface area contributed by atoms with Crippen LogP contribution in [0.3, 0.4) is 0 Å². The summed E-state index contributed by atoms with van der Waals surface area (Å²) in [5.41, 5.74) is 5.03. The minimum atomic E-state index is -0.418. The number of ether oxygens (including phenoxy) is 1. The van der Waals surface area contributed by atoms with Crippen molar-refractivity contribution in [3.05, 3.63) is 213 Å². The largest absolute Gasteiger partial charge is 0.503 e. The maximum Gasteiger partial charge on any atom is 0.224 e. The predicted octanol–water partition coefficient (Wildman–Crippen LogP) is 6.54. The fourth-order valence-electron chi connectivity index (χ4n) is 7.82. The summed E-state index contributed by atoms with van der Waals surface area (Å²) < 4.78 is 13.3. The molecule has 2 aliphatic rings. The van der Waals surface area contributed by atoms with Crippen LogP contribution in [-0.2, 0) is 13.3 Å². The van der Waals surface area contributed by atoms with Crippen LogP contribution in [-0.4, -0.2) is 40.7 Å². The van der Waals surface area contributed by atoms with Crippen molar-refractivity contribution in [2.75, 3.05) is 17.1 Å². The molecule has 0 spiro atoms. The number of aromatic hydroxyl groups is 1. The van der Waals surface area contributed by atoms with Crippen molar-refractivity contribution in [2.24, 2.45) is 0 Å². The maximum atomic E-state index is 12.5.